The van der Waals surface area contributed by atoms with Crippen LogP contribution in [0, 0.1) is 22.7 Å². The molecular formula is C15H29N3. The van der Waals surface area contributed by atoms with Crippen molar-refractivity contribution in [1.29, 1.82) is 5.26 Å². The molecular weight excluding hydrogens is 222 g/mol. The van der Waals surface area contributed by atoms with Gasteiger partial charge in [0.1, 0.15) is 0 Å². The Morgan fingerprint density at radius 3 is 2.56 bits per heavy atom. The lowest BCUT2D eigenvalue weighted by Gasteiger charge is -2.29. The summed E-state index contributed by atoms with van der Waals surface area (Å²) in [6.45, 7) is 12.2. The zero-order valence-electron chi connectivity index (χ0n) is 12.3. The lowest BCUT2D eigenvalue weighted by Crippen LogP contribution is -2.36. The van der Waals surface area contributed by atoms with Crippen LogP contribution in [-0.4, -0.2) is 37.6 Å². The zero-order chi connectivity index (χ0) is 13.4. The summed E-state index contributed by atoms with van der Waals surface area (Å²) >= 11 is 0. The van der Waals surface area contributed by atoms with Crippen molar-refractivity contribution in [2.45, 2.75) is 46.5 Å². The van der Waals surface area contributed by atoms with Gasteiger partial charge < -0.3 is 10.2 Å². The number of rotatable bonds is 7. The van der Waals surface area contributed by atoms with Crippen LogP contribution in [0.15, 0.2) is 0 Å². The predicted molar refractivity (Wildman–Crippen MR) is 76.3 cm³/mol. The number of hydrogen-bond donors (Lipinski definition) is 1. The summed E-state index contributed by atoms with van der Waals surface area (Å²) in [5.74, 6) is 0.871. The minimum atomic E-state index is -0.159. The van der Waals surface area contributed by atoms with Gasteiger partial charge in [-0.15, -0.1) is 0 Å². The Morgan fingerprint density at radius 1 is 1.33 bits per heavy atom. The molecule has 1 heterocycles. The van der Waals surface area contributed by atoms with E-state index in [1.165, 1.54) is 32.5 Å². The fourth-order valence-corrected chi connectivity index (χ4v) is 2.61. The Hall–Kier alpha value is -0.590. The molecule has 1 aliphatic rings. The third-order valence-electron chi connectivity index (χ3n) is 4.00. The second-order valence-electron chi connectivity index (χ2n) is 6.19. The molecule has 1 saturated heterocycles. The largest absolute Gasteiger partial charge is 0.317 e. The number of nitrogens with one attached hydrogen (secondary N) is 1. The molecule has 1 aliphatic heterocycles. The van der Waals surface area contributed by atoms with Gasteiger partial charge in [-0.3, -0.25) is 0 Å². The van der Waals surface area contributed by atoms with Gasteiger partial charge in [-0.05, 0) is 71.6 Å². The molecule has 1 rings (SSSR count). The highest BCUT2D eigenvalue weighted by Crippen LogP contribution is 2.21. The zero-order valence-corrected chi connectivity index (χ0v) is 12.3. The fraction of sp³-hybridized carbons (Fsp3) is 0.933. The van der Waals surface area contributed by atoms with E-state index in [4.69, 9.17) is 5.26 Å². The van der Waals surface area contributed by atoms with Crippen molar-refractivity contribution >= 4 is 0 Å². The average Bonchev–Trinajstić information content (AvgIpc) is 2.38. The summed E-state index contributed by atoms with van der Waals surface area (Å²) in [5, 5.41) is 12.4. The SMILES string of the molecule is CCN(CCCC(C)(C)C#N)CC1CCNCC1. The summed E-state index contributed by atoms with van der Waals surface area (Å²) in [7, 11) is 0. The lowest BCUT2D eigenvalue weighted by molar-refractivity contribution is 0.205. The van der Waals surface area contributed by atoms with Gasteiger partial charge in [-0.2, -0.15) is 5.26 Å². The number of piperidine rings is 1. The van der Waals surface area contributed by atoms with E-state index in [9.17, 15) is 0 Å². The van der Waals surface area contributed by atoms with Crippen LogP contribution >= 0.6 is 0 Å². The maximum Gasteiger partial charge on any atom is 0.0683 e. The van der Waals surface area contributed by atoms with Gasteiger partial charge in [-0.25, -0.2) is 0 Å². The molecule has 3 nitrogen and oxygen atoms in total. The Kier molecular flexibility index (Phi) is 6.67. The molecule has 0 atom stereocenters. The lowest BCUT2D eigenvalue weighted by atomic mass is 9.89. The maximum atomic E-state index is 9.01. The minimum absolute atomic E-state index is 0.159. The van der Waals surface area contributed by atoms with Crippen molar-refractivity contribution in [2.24, 2.45) is 11.3 Å². The molecule has 0 aliphatic carbocycles. The normalized spacial score (nSPS) is 17.9. The van der Waals surface area contributed by atoms with Gasteiger partial charge in [0.25, 0.3) is 0 Å². The predicted octanol–water partition coefficient (Wildman–Crippen LogP) is 2.64. The van der Waals surface area contributed by atoms with Crippen LogP contribution in [0.3, 0.4) is 0 Å². The van der Waals surface area contributed by atoms with Crippen molar-refractivity contribution in [3.8, 4) is 6.07 Å². The molecule has 1 fully saturated rings. The van der Waals surface area contributed by atoms with Gasteiger partial charge in [0.15, 0.2) is 0 Å². The first-order valence-corrected chi connectivity index (χ1v) is 7.41. The van der Waals surface area contributed by atoms with E-state index in [0.717, 1.165) is 31.8 Å². The van der Waals surface area contributed by atoms with Crippen molar-refractivity contribution < 1.29 is 0 Å². The monoisotopic (exact) mass is 251 g/mol. The van der Waals surface area contributed by atoms with E-state index < -0.39 is 0 Å². The molecule has 3 heteroatoms. The smallest absolute Gasteiger partial charge is 0.0683 e. The molecule has 0 unspecified atom stereocenters. The number of hydrogen-bond acceptors (Lipinski definition) is 3. The summed E-state index contributed by atoms with van der Waals surface area (Å²) < 4.78 is 0. The average molecular weight is 251 g/mol. The second kappa shape index (κ2) is 7.76. The first-order valence-electron chi connectivity index (χ1n) is 7.41. The number of nitriles is 1. The van der Waals surface area contributed by atoms with Crippen molar-refractivity contribution in [3.63, 3.8) is 0 Å². The first kappa shape index (κ1) is 15.5. The Labute approximate surface area is 113 Å². The molecule has 0 aromatic carbocycles. The van der Waals surface area contributed by atoms with Gasteiger partial charge in [0.2, 0.25) is 0 Å². The van der Waals surface area contributed by atoms with Crippen LogP contribution in [0.25, 0.3) is 0 Å². The van der Waals surface area contributed by atoms with Gasteiger partial charge >= 0.3 is 0 Å². The van der Waals surface area contributed by atoms with E-state index in [2.05, 4.69) is 23.2 Å². The van der Waals surface area contributed by atoms with Crippen LogP contribution in [0.4, 0.5) is 0 Å². The molecule has 0 aromatic heterocycles. The van der Waals surface area contributed by atoms with Gasteiger partial charge in [0.05, 0.1) is 11.5 Å². The highest BCUT2D eigenvalue weighted by Gasteiger charge is 2.18. The van der Waals surface area contributed by atoms with Gasteiger partial charge in [-0.1, -0.05) is 6.92 Å². The molecule has 0 aromatic rings. The summed E-state index contributed by atoms with van der Waals surface area (Å²) in [5.41, 5.74) is -0.159. The third kappa shape index (κ3) is 5.84. The second-order valence-corrected chi connectivity index (χ2v) is 6.19. The van der Waals surface area contributed by atoms with E-state index in [-0.39, 0.29) is 5.41 Å². The van der Waals surface area contributed by atoms with Crippen molar-refractivity contribution in [1.82, 2.24) is 10.2 Å². The summed E-state index contributed by atoms with van der Waals surface area (Å²) in [6, 6.07) is 2.39. The molecule has 1 N–H and O–H groups in total. The molecule has 0 bridgehead atoms. The molecule has 0 amide bonds. The molecule has 104 valence electrons. The van der Waals surface area contributed by atoms with Crippen LogP contribution < -0.4 is 5.32 Å². The summed E-state index contributed by atoms with van der Waals surface area (Å²) in [4.78, 5) is 2.56. The Morgan fingerprint density at radius 2 is 2.00 bits per heavy atom. The van der Waals surface area contributed by atoms with Crippen molar-refractivity contribution in [2.75, 3.05) is 32.7 Å². The molecule has 0 spiro atoms. The maximum absolute atomic E-state index is 9.01. The standard InChI is InChI=1S/C15H29N3/c1-4-18(11-5-8-15(2,3)13-16)12-14-6-9-17-10-7-14/h14,17H,4-12H2,1-3H3. The topological polar surface area (TPSA) is 39.1 Å². The van der Waals surface area contributed by atoms with Crippen LogP contribution in [0.5, 0.6) is 0 Å². The van der Waals surface area contributed by atoms with Gasteiger partial charge in [0, 0.05) is 6.54 Å². The van der Waals surface area contributed by atoms with E-state index in [1.807, 2.05) is 13.8 Å². The molecule has 0 saturated carbocycles. The first-order chi connectivity index (χ1) is 8.57. The van der Waals surface area contributed by atoms with E-state index >= 15 is 0 Å². The summed E-state index contributed by atoms with van der Waals surface area (Å²) in [6.07, 6.45) is 4.78. The third-order valence-corrected chi connectivity index (χ3v) is 4.00. The minimum Gasteiger partial charge on any atom is -0.317 e. The highest BCUT2D eigenvalue weighted by atomic mass is 15.1. The van der Waals surface area contributed by atoms with Crippen LogP contribution in [0.2, 0.25) is 0 Å². The van der Waals surface area contributed by atoms with Crippen molar-refractivity contribution in [3.05, 3.63) is 0 Å². The van der Waals surface area contributed by atoms with E-state index in [1.54, 1.807) is 0 Å². The molecule has 18 heavy (non-hydrogen) atoms. The highest BCUT2D eigenvalue weighted by molar-refractivity contribution is 4.91. The molecule has 0 radical (unpaired) electrons. The quantitative estimate of drug-likeness (QED) is 0.756. The van der Waals surface area contributed by atoms with Crippen LogP contribution in [0.1, 0.15) is 46.5 Å². The Bertz CT molecular complexity index is 261. The van der Waals surface area contributed by atoms with E-state index in [0.29, 0.717) is 0 Å². The van der Waals surface area contributed by atoms with Crippen LogP contribution in [-0.2, 0) is 0 Å². The number of nitrogens with zero attached hydrogens (tertiary/aromatic N) is 2. The fourth-order valence-electron chi connectivity index (χ4n) is 2.61. The Balaban J connectivity index is 2.23.